The highest BCUT2D eigenvalue weighted by Crippen LogP contribution is 2.29. The summed E-state index contributed by atoms with van der Waals surface area (Å²) in [6.07, 6.45) is 0. The smallest absolute Gasteiger partial charge is 0.126 e. The van der Waals surface area contributed by atoms with E-state index < -0.39 is 0 Å². The van der Waals surface area contributed by atoms with Crippen LogP contribution in [0.25, 0.3) is 11.1 Å². The maximum Gasteiger partial charge on any atom is 0.126 e. The minimum atomic E-state index is 0.222. The van der Waals surface area contributed by atoms with Crippen LogP contribution >= 0.6 is 0 Å². The van der Waals surface area contributed by atoms with Gasteiger partial charge in [0, 0.05) is 25.3 Å². The molecule has 1 atom stereocenters. The molecule has 2 rings (SSSR count). The third-order valence-corrected chi connectivity index (χ3v) is 3.51. The van der Waals surface area contributed by atoms with E-state index in [-0.39, 0.29) is 12.5 Å². The van der Waals surface area contributed by atoms with E-state index in [1.165, 1.54) is 5.56 Å². The zero-order valence-electron chi connectivity index (χ0n) is 12.7. The van der Waals surface area contributed by atoms with E-state index in [4.69, 9.17) is 9.84 Å². The number of ether oxygens (including phenoxy) is 1. The molecule has 0 bridgehead atoms. The van der Waals surface area contributed by atoms with Crippen molar-refractivity contribution in [3.8, 4) is 16.9 Å². The van der Waals surface area contributed by atoms with E-state index in [2.05, 4.69) is 35.6 Å². The van der Waals surface area contributed by atoms with Crippen LogP contribution in [0.5, 0.6) is 5.75 Å². The van der Waals surface area contributed by atoms with Gasteiger partial charge in [0.05, 0.1) is 7.11 Å². The second-order valence-corrected chi connectivity index (χ2v) is 5.32. The molecule has 1 unspecified atom stereocenters. The Kier molecular flexibility index (Phi) is 5.78. The van der Waals surface area contributed by atoms with Crippen molar-refractivity contribution in [1.82, 2.24) is 5.32 Å². The molecule has 0 aliphatic rings. The van der Waals surface area contributed by atoms with Crippen LogP contribution in [-0.2, 0) is 6.54 Å². The van der Waals surface area contributed by atoms with Crippen LogP contribution in [0.4, 0.5) is 0 Å². The first-order chi connectivity index (χ1) is 10.2. The highest BCUT2D eigenvalue weighted by atomic mass is 16.5. The fraction of sp³-hybridized carbons (Fsp3) is 0.333. The molecule has 0 aliphatic carbocycles. The molecule has 2 aromatic carbocycles. The molecule has 0 spiro atoms. The normalized spacial score (nSPS) is 12.1. The van der Waals surface area contributed by atoms with Crippen molar-refractivity contribution in [2.24, 2.45) is 5.92 Å². The maximum atomic E-state index is 8.99. The lowest BCUT2D eigenvalue weighted by molar-refractivity contribution is 0.233. The maximum absolute atomic E-state index is 8.99. The van der Waals surface area contributed by atoms with E-state index in [1.54, 1.807) is 7.11 Å². The molecular weight excluding hydrogens is 262 g/mol. The average Bonchev–Trinajstić information content (AvgIpc) is 2.55. The van der Waals surface area contributed by atoms with E-state index in [0.29, 0.717) is 0 Å². The standard InChI is InChI=1S/C18H23NO2/c1-14(13-20)11-19-12-15-7-9-16(10-8-15)17-5-3-4-6-18(17)21-2/h3-10,14,19-20H,11-13H2,1-2H3. The van der Waals surface area contributed by atoms with Crippen molar-refractivity contribution in [2.45, 2.75) is 13.5 Å². The molecule has 0 saturated heterocycles. The van der Waals surface area contributed by atoms with Gasteiger partial charge in [0.25, 0.3) is 0 Å². The van der Waals surface area contributed by atoms with Gasteiger partial charge in [0.1, 0.15) is 5.75 Å². The van der Waals surface area contributed by atoms with E-state index in [1.807, 2.05) is 25.1 Å². The molecule has 0 saturated carbocycles. The summed E-state index contributed by atoms with van der Waals surface area (Å²) in [6, 6.07) is 16.5. The molecule has 0 aliphatic heterocycles. The Morgan fingerprint density at radius 3 is 2.48 bits per heavy atom. The van der Waals surface area contributed by atoms with Crippen LogP contribution in [0.15, 0.2) is 48.5 Å². The number of methoxy groups -OCH3 is 1. The highest BCUT2D eigenvalue weighted by Gasteiger charge is 2.04. The summed E-state index contributed by atoms with van der Waals surface area (Å²) in [5.41, 5.74) is 3.49. The molecule has 3 heteroatoms. The number of hydrogen-bond acceptors (Lipinski definition) is 3. The summed E-state index contributed by atoms with van der Waals surface area (Å²) in [5.74, 6) is 1.18. The third-order valence-electron chi connectivity index (χ3n) is 3.51. The van der Waals surface area contributed by atoms with Crippen LogP contribution in [0.3, 0.4) is 0 Å². The van der Waals surface area contributed by atoms with Crippen LogP contribution in [-0.4, -0.2) is 25.4 Å². The van der Waals surface area contributed by atoms with Crippen LogP contribution in [0, 0.1) is 5.92 Å². The van der Waals surface area contributed by atoms with Crippen molar-refractivity contribution in [1.29, 1.82) is 0 Å². The lowest BCUT2D eigenvalue weighted by atomic mass is 10.0. The summed E-state index contributed by atoms with van der Waals surface area (Å²) >= 11 is 0. The molecule has 3 nitrogen and oxygen atoms in total. The fourth-order valence-electron chi connectivity index (χ4n) is 2.21. The molecule has 2 aromatic rings. The van der Waals surface area contributed by atoms with Crippen LogP contribution in [0.1, 0.15) is 12.5 Å². The SMILES string of the molecule is COc1ccccc1-c1ccc(CNCC(C)CO)cc1. The molecule has 112 valence electrons. The van der Waals surface area contributed by atoms with Crippen molar-refractivity contribution in [3.63, 3.8) is 0 Å². The zero-order chi connectivity index (χ0) is 15.1. The van der Waals surface area contributed by atoms with Gasteiger partial charge >= 0.3 is 0 Å². The van der Waals surface area contributed by atoms with Gasteiger partial charge in [-0.15, -0.1) is 0 Å². The van der Waals surface area contributed by atoms with E-state index in [9.17, 15) is 0 Å². The van der Waals surface area contributed by atoms with Crippen molar-refractivity contribution < 1.29 is 9.84 Å². The molecule has 0 heterocycles. The lowest BCUT2D eigenvalue weighted by Gasteiger charge is -2.11. The summed E-state index contributed by atoms with van der Waals surface area (Å²) in [5, 5.41) is 12.3. The molecule has 0 aromatic heterocycles. The number of nitrogens with one attached hydrogen (secondary N) is 1. The van der Waals surface area contributed by atoms with E-state index >= 15 is 0 Å². The minimum absolute atomic E-state index is 0.222. The van der Waals surface area contributed by atoms with Crippen molar-refractivity contribution >= 4 is 0 Å². The van der Waals surface area contributed by atoms with Gasteiger partial charge in [-0.05, 0) is 23.1 Å². The highest BCUT2D eigenvalue weighted by molar-refractivity contribution is 5.70. The molecule has 0 radical (unpaired) electrons. The van der Waals surface area contributed by atoms with Gasteiger partial charge in [-0.25, -0.2) is 0 Å². The second kappa shape index (κ2) is 7.81. The van der Waals surface area contributed by atoms with Gasteiger partial charge in [-0.2, -0.15) is 0 Å². The zero-order valence-corrected chi connectivity index (χ0v) is 12.7. The lowest BCUT2D eigenvalue weighted by Crippen LogP contribution is -2.22. The van der Waals surface area contributed by atoms with Crippen LogP contribution < -0.4 is 10.1 Å². The predicted octanol–water partition coefficient (Wildman–Crippen LogP) is 3.08. The summed E-state index contributed by atoms with van der Waals surface area (Å²) in [4.78, 5) is 0. The Labute approximate surface area is 126 Å². The largest absolute Gasteiger partial charge is 0.496 e. The third kappa shape index (κ3) is 4.31. The first kappa shape index (κ1) is 15.5. The molecular formula is C18H23NO2. The summed E-state index contributed by atoms with van der Waals surface area (Å²) in [7, 11) is 1.69. The fourth-order valence-corrected chi connectivity index (χ4v) is 2.21. The first-order valence-corrected chi connectivity index (χ1v) is 7.28. The topological polar surface area (TPSA) is 41.5 Å². The van der Waals surface area contributed by atoms with Gasteiger partial charge < -0.3 is 15.2 Å². The van der Waals surface area contributed by atoms with Gasteiger partial charge in [-0.3, -0.25) is 0 Å². The Morgan fingerprint density at radius 1 is 1.10 bits per heavy atom. The molecule has 21 heavy (non-hydrogen) atoms. The minimum Gasteiger partial charge on any atom is -0.496 e. The Bertz CT molecular complexity index is 551. The van der Waals surface area contributed by atoms with E-state index in [0.717, 1.165) is 30.0 Å². The Morgan fingerprint density at radius 2 is 1.81 bits per heavy atom. The number of benzene rings is 2. The Balaban J connectivity index is 2.02. The number of aliphatic hydroxyl groups excluding tert-OH is 1. The molecule has 2 N–H and O–H groups in total. The monoisotopic (exact) mass is 285 g/mol. The predicted molar refractivity (Wildman–Crippen MR) is 86.4 cm³/mol. The van der Waals surface area contributed by atoms with Gasteiger partial charge in [-0.1, -0.05) is 49.4 Å². The average molecular weight is 285 g/mol. The number of rotatable bonds is 7. The van der Waals surface area contributed by atoms with Crippen LogP contribution in [0.2, 0.25) is 0 Å². The summed E-state index contributed by atoms with van der Waals surface area (Å²) in [6.45, 7) is 3.89. The van der Waals surface area contributed by atoms with Crippen molar-refractivity contribution in [2.75, 3.05) is 20.3 Å². The molecule has 0 amide bonds. The Hall–Kier alpha value is -1.84. The van der Waals surface area contributed by atoms with Gasteiger partial charge in [0.15, 0.2) is 0 Å². The number of para-hydroxylation sites is 1. The van der Waals surface area contributed by atoms with Crippen molar-refractivity contribution in [3.05, 3.63) is 54.1 Å². The van der Waals surface area contributed by atoms with Gasteiger partial charge in [0.2, 0.25) is 0 Å². The molecule has 0 fully saturated rings. The quantitative estimate of drug-likeness (QED) is 0.821. The number of hydrogen-bond donors (Lipinski definition) is 2. The number of aliphatic hydroxyl groups is 1. The second-order valence-electron chi connectivity index (χ2n) is 5.32. The first-order valence-electron chi connectivity index (χ1n) is 7.28. The summed E-state index contributed by atoms with van der Waals surface area (Å²) < 4.78 is 5.40.